The van der Waals surface area contributed by atoms with Crippen LogP contribution in [-0.2, 0) is 4.79 Å². The highest BCUT2D eigenvalue weighted by atomic mass is 16.1. The maximum Gasteiger partial charge on any atom is 0.139 e. The summed E-state index contributed by atoms with van der Waals surface area (Å²) < 4.78 is 0. The Labute approximate surface area is 130 Å². The van der Waals surface area contributed by atoms with Gasteiger partial charge in [0.2, 0.25) is 0 Å². The molecule has 0 radical (unpaired) electrons. The standard InChI is InChI=1S/C20H30O/c1-14(2)17-13-19(21)20(5)12-11-16(4)8-6-7-15(3)9-10-18(17)20/h7,11,17-18H,1,6,8-10,12-13H2,2-5H3/b15-7?,16-11+/t17-,18+,20-/m1/s1. The molecule has 0 unspecified atom stereocenters. The average molecular weight is 286 g/mol. The third-order valence-corrected chi connectivity index (χ3v) is 5.74. The summed E-state index contributed by atoms with van der Waals surface area (Å²) in [5.74, 6) is 1.28. The molecule has 0 saturated heterocycles. The van der Waals surface area contributed by atoms with Gasteiger partial charge < -0.3 is 0 Å². The van der Waals surface area contributed by atoms with Gasteiger partial charge in [-0.15, -0.1) is 0 Å². The molecule has 0 aromatic rings. The van der Waals surface area contributed by atoms with Gasteiger partial charge in [-0.2, -0.15) is 0 Å². The Morgan fingerprint density at radius 2 is 1.90 bits per heavy atom. The van der Waals surface area contributed by atoms with Gasteiger partial charge in [-0.25, -0.2) is 0 Å². The van der Waals surface area contributed by atoms with Crippen molar-refractivity contribution < 1.29 is 4.79 Å². The lowest BCUT2D eigenvalue weighted by Gasteiger charge is -2.32. The van der Waals surface area contributed by atoms with Crippen LogP contribution in [0, 0.1) is 17.3 Å². The van der Waals surface area contributed by atoms with E-state index in [1.165, 1.54) is 16.7 Å². The van der Waals surface area contributed by atoms with Crippen LogP contribution in [0.25, 0.3) is 0 Å². The predicted molar refractivity (Wildman–Crippen MR) is 90.1 cm³/mol. The van der Waals surface area contributed by atoms with Gasteiger partial charge in [0, 0.05) is 11.8 Å². The molecule has 0 heterocycles. The van der Waals surface area contributed by atoms with Gasteiger partial charge in [0.05, 0.1) is 0 Å². The number of carbonyl (C=O) groups excluding carboxylic acids is 1. The summed E-state index contributed by atoms with van der Waals surface area (Å²) in [5.41, 5.74) is 3.91. The Hall–Kier alpha value is -1.11. The summed E-state index contributed by atoms with van der Waals surface area (Å²) >= 11 is 0. The molecule has 2 aliphatic rings. The monoisotopic (exact) mass is 286 g/mol. The molecule has 1 heteroatoms. The van der Waals surface area contributed by atoms with Crippen molar-refractivity contribution in [3.05, 3.63) is 35.5 Å². The topological polar surface area (TPSA) is 17.1 Å². The van der Waals surface area contributed by atoms with Crippen LogP contribution >= 0.6 is 0 Å². The Bertz CT molecular complexity index is 494. The molecular weight excluding hydrogens is 256 g/mol. The molecule has 0 aliphatic heterocycles. The van der Waals surface area contributed by atoms with Crippen molar-refractivity contribution in [2.24, 2.45) is 17.3 Å². The second kappa shape index (κ2) is 6.34. The smallest absolute Gasteiger partial charge is 0.139 e. The van der Waals surface area contributed by atoms with Crippen LogP contribution in [0.15, 0.2) is 35.5 Å². The van der Waals surface area contributed by atoms with E-state index in [0.29, 0.717) is 24.0 Å². The Morgan fingerprint density at radius 3 is 2.57 bits per heavy atom. The average Bonchev–Trinajstić information content (AvgIpc) is 2.65. The number of hydrogen-bond donors (Lipinski definition) is 0. The predicted octanol–water partition coefficient (Wildman–Crippen LogP) is 5.63. The second-order valence-electron chi connectivity index (χ2n) is 7.49. The number of Topliss-reactive ketones (excluding diaryl/α,β-unsaturated/α-hetero) is 1. The summed E-state index contributed by atoms with van der Waals surface area (Å²) in [6, 6.07) is 0. The number of fused-ring (bicyclic) bond motifs is 1. The van der Waals surface area contributed by atoms with Crippen molar-refractivity contribution in [1.29, 1.82) is 0 Å². The summed E-state index contributed by atoms with van der Waals surface area (Å²) in [7, 11) is 0. The van der Waals surface area contributed by atoms with E-state index >= 15 is 0 Å². The molecular formula is C20H30O. The van der Waals surface area contributed by atoms with Gasteiger partial charge in [-0.3, -0.25) is 4.79 Å². The fraction of sp³-hybridized carbons (Fsp3) is 0.650. The summed E-state index contributed by atoms with van der Waals surface area (Å²) in [6.07, 6.45) is 10.8. The van der Waals surface area contributed by atoms with E-state index in [4.69, 9.17) is 0 Å². The summed E-state index contributed by atoms with van der Waals surface area (Å²) in [6.45, 7) is 12.9. The molecule has 2 rings (SSSR count). The van der Waals surface area contributed by atoms with E-state index in [2.05, 4.69) is 46.4 Å². The Kier molecular flexibility index (Phi) is 4.91. The summed E-state index contributed by atoms with van der Waals surface area (Å²) in [5, 5.41) is 0. The quantitative estimate of drug-likeness (QED) is 0.571. The van der Waals surface area contributed by atoms with Gasteiger partial charge in [-0.05, 0) is 64.7 Å². The van der Waals surface area contributed by atoms with E-state index in [1.54, 1.807) is 0 Å². The van der Waals surface area contributed by atoms with E-state index in [0.717, 1.165) is 32.1 Å². The lowest BCUT2D eigenvalue weighted by molar-refractivity contribution is -0.126. The third kappa shape index (κ3) is 3.39. The van der Waals surface area contributed by atoms with Crippen LogP contribution in [-0.4, -0.2) is 5.78 Å². The first kappa shape index (κ1) is 16.3. The maximum atomic E-state index is 12.7. The number of carbonyl (C=O) groups is 1. The number of ketones is 1. The van der Waals surface area contributed by atoms with Crippen molar-refractivity contribution in [3.63, 3.8) is 0 Å². The molecule has 21 heavy (non-hydrogen) atoms. The van der Waals surface area contributed by atoms with Gasteiger partial charge in [-0.1, -0.05) is 42.4 Å². The van der Waals surface area contributed by atoms with Crippen LogP contribution in [0.1, 0.15) is 66.2 Å². The lowest BCUT2D eigenvalue weighted by atomic mass is 9.70. The fourth-order valence-corrected chi connectivity index (χ4v) is 4.05. The first-order valence-electron chi connectivity index (χ1n) is 8.34. The molecule has 0 aromatic carbocycles. The van der Waals surface area contributed by atoms with Crippen LogP contribution in [0.5, 0.6) is 0 Å². The molecule has 2 aliphatic carbocycles. The number of allylic oxidation sites excluding steroid dienone is 5. The number of hydrogen-bond acceptors (Lipinski definition) is 1. The molecule has 1 nitrogen and oxygen atoms in total. The highest BCUT2D eigenvalue weighted by molar-refractivity contribution is 5.88. The van der Waals surface area contributed by atoms with E-state index < -0.39 is 0 Å². The molecule has 116 valence electrons. The van der Waals surface area contributed by atoms with Gasteiger partial charge in [0.15, 0.2) is 0 Å². The van der Waals surface area contributed by atoms with Crippen molar-refractivity contribution in [3.8, 4) is 0 Å². The van der Waals surface area contributed by atoms with Crippen LogP contribution in [0.3, 0.4) is 0 Å². The Morgan fingerprint density at radius 1 is 1.24 bits per heavy atom. The van der Waals surface area contributed by atoms with Crippen LogP contribution < -0.4 is 0 Å². The minimum atomic E-state index is -0.185. The number of rotatable bonds is 1. The first-order valence-corrected chi connectivity index (χ1v) is 8.34. The fourth-order valence-electron chi connectivity index (χ4n) is 4.05. The van der Waals surface area contributed by atoms with Crippen molar-refractivity contribution in [1.82, 2.24) is 0 Å². The van der Waals surface area contributed by atoms with E-state index in [1.807, 2.05) is 0 Å². The Balaban J connectivity index is 2.36. The van der Waals surface area contributed by atoms with Crippen molar-refractivity contribution >= 4 is 5.78 Å². The van der Waals surface area contributed by atoms with Gasteiger partial charge >= 0.3 is 0 Å². The van der Waals surface area contributed by atoms with Gasteiger partial charge in [0.1, 0.15) is 5.78 Å². The zero-order chi connectivity index (χ0) is 15.6. The highest BCUT2D eigenvalue weighted by Gasteiger charge is 2.50. The maximum absolute atomic E-state index is 12.7. The first-order chi connectivity index (χ1) is 9.84. The lowest BCUT2D eigenvalue weighted by Crippen LogP contribution is -2.30. The zero-order valence-corrected chi connectivity index (χ0v) is 14.2. The molecule has 0 spiro atoms. The minimum Gasteiger partial charge on any atom is -0.299 e. The van der Waals surface area contributed by atoms with Crippen molar-refractivity contribution in [2.75, 3.05) is 0 Å². The minimum absolute atomic E-state index is 0.185. The van der Waals surface area contributed by atoms with E-state index in [-0.39, 0.29) is 5.41 Å². The summed E-state index contributed by atoms with van der Waals surface area (Å²) in [4.78, 5) is 12.7. The molecule has 1 fully saturated rings. The van der Waals surface area contributed by atoms with Crippen LogP contribution in [0.4, 0.5) is 0 Å². The molecule has 3 atom stereocenters. The largest absolute Gasteiger partial charge is 0.299 e. The highest BCUT2D eigenvalue weighted by Crippen LogP contribution is 2.51. The zero-order valence-electron chi connectivity index (χ0n) is 14.2. The van der Waals surface area contributed by atoms with E-state index in [9.17, 15) is 4.79 Å². The molecule has 0 aromatic heterocycles. The van der Waals surface area contributed by atoms with Crippen LogP contribution in [0.2, 0.25) is 0 Å². The normalized spacial score (nSPS) is 37.0. The second-order valence-corrected chi connectivity index (χ2v) is 7.49. The molecule has 0 N–H and O–H groups in total. The molecule has 0 bridgehead atoms. The molecule has 0 amide bonds. The molecule has 1 saturated carbocycles. The third-order valence-electron chi connectivity index (χ3n) is 5.74. The SMILES string of the molecule is C=C(C)[C@H]1CC(=O)[C@]2(C)C/C=C(\C)CCC=C(C)CC[C@@H]12. The van der Waals surface area contributed by atoms with Crippen molar-refractivity contribution in [2.45, 2.75) is 66.2 Å². The van der Waals surface area contributed by atoms with Gasteiger partial charge in [0.25, 0.3) is 0 Å².